The number of rotatable bonds is 2. The highest BCUT2D eigenvalue weighted by Gasteiger charge is 2.16. The van der Waals surface area contributed by atoms with E-state index in [4.69, 9.17) is 10.5 Å². The molecule has 1 aromatic carbocycles. The molecule has 2 N–H and O–H groups in total. The molecule has 0 aromatic heterocycles. The van der Waals surface area contributed by atoms with Crippen LogP contribution in [0.3, 0.4) is 0 Å². The van der Waals surface area contributed by atoms with Gasteiger partial charge in [-0.25, -0.2) is 4.79 Å². The highest BCUT2D eigenvalue weighted by atomic mass is 16.5. The third-order valence-corrected chi connectivity index (χ3v) is 2.13. The highest BCUT2D eigenvalue weighted by Crippen LogP contribution is 2.32. The molecular formula is C12H8N2O4. The number of ether oxygens (including phenoxy) is 1. The zero-order valence-electron chi connectivity index (χ0n) is 9.34. The smallest absolute Gasteiger partial charge is 0.330 e. The third-order valence-electron chi connectivity index (χ3n) is 2.13. The average molecular weight is 244 g/mol. The lowest BCUT2D eigenvalue weighted by Crippen LogP contribution is -1.94. The van der Waals surface area contributed by atoms with Crippen molar-refractivity contribution in [1.29, 1.82) is 10.5 Å². The van der Waals surface area contributed by atoms with E-state index in [0.717, 1.165) is 12.1 Å². The number of methoxy groups -OCH3 is 1. The Hall–Kier alpha value is -2.99. The first-order chi connectivity index (χ1) is 8.54. The summed E-state index contributed by atoms with van der Waals surface area (Å²) in [6, 6.07) is 4.30. The van der Waals surface area contributed by atoms with Gasteiger partial charge in [0.15, 0.2) is 0 Å². The van der Waals surface area contributed by atoms with Gasteiger partial charge in [0.25, 0.3) is 0 Å². The molecule has 1 aromatic rings. The van der Waals surface area contributed by atoms with Crippen molar-refractivity contribution in [3.63, 3.8) is 0 Å². The molecule has 0 unspecified atom stereocenters. The minimum atomic E-state index is -0.656. The fourth-order valence-electron chi connectivity index (χ4n) is 1.25. The second kappa shape index (κ2) is 5.37. The maximum absolute atomic E-state index is 10.9. The van der Waals surface area contributed by atoms with Crippen LogP contribution < -0.4 is 0 Å². The quantitative estimate of drug-likeness (QED) is 0.456. The van der Waals surface area contributed by atoms with Crippen LogP contribution in [0.5, 0.6) is 11.5 Å². The largest absolute Gasteiger partial charge is 0.506 e. The first kappa shape index (κ1) is 13.1. The number of carbonyl (C=O) groups is 1. The van der Waals surface area contributed by atoms with Gasteiger partial charge in [-0.05, 0) is 12.1 Å². The molecule has 0 saturated carbocycles. The van der Waals surface area contributed by atoms with Crippen molar-refractivity contribution < 1.29 is 19.7 Å². The van der Waals surface area contributed by atoms with Crippen LogP contribution in [0.15, 0.2) is 12.1 Å². The molecule has 0 heterocycles. The highest BCUT2D eigenvalue weighted by molar-refractivity contribution is 5.88. The van der Waals surface area contributed by atoms with E-state index in [0.29, 0.717) is 0 Å². The fraction of sp³-hybridized carbons (Fsp3) is 0.0833. The van der Waals surface area contributed by atoms with Crippen molar-refractivity contribution in [2.45, 2.75) is 0 Å². The van der Waals surface area contributed by atoms with Crippen LogP contribution in [0.2, 0.25) is 0 Å². The van der Waals surface area contributed by atoms with Crippen molar-refractivity contribution in [3.8, 4) is 23.6 Å². The Balaban J connectivity index is 3.38. The number of phenols is 2. The van der Waals surface area contributed by atoms with Crippen molar-refractivity contribution in [2.24, 2.45) is 0 Å². The monoisotopic (exact) mass is 244 g/mol. The second-order valence-corrected chi connectivity index (χ2v) is 3.16. The van der Waals surface area contributed by atoms with Crippen LogP contribution >= 0.6 is 0 Å². The number of esters is 1. The van der Waals surface area contributed by atoms with Crippen LogP contribution in [0.1, 0.15) is 16.7 Å². The minimum absolute atomic E-state index is 0.0356. The first-order valence-electron chi connectivity index (χ1n) is 4.70. The van der Waals surface area contributed by atoms with Crippen molar-refractivity contribution >= 4 is 12.0 Å². The standard InChI is InChI=1S/C12H8N2O4/c1-18-11(16)3-2-7-4-10(15)8(5-13)9(6-14)12(7)17/h2-4,15,17H,1H3/b3-2+. The summed E-state index contributed by atoms with van der Waals surface area (Å²) in [7, 11) is 1.18. The lowest BCUT2D eigenvalue weighted by molar-refractivity contribution is -0.134. The number of aromatic hydroxyl groups is 2. The van der Waals surface area contributed by atoms with E-state index in [9.17, 15) is 15.0 Å². The van der Waals surface area contributed by atoms with E-state index in [1.807, 2.05) is 0 Å². The summed E-state index contributed by atoms with van der Waals surface area (Å²) in [5.41, 5.74) is -0.624. The first-order valence-corrected chi connectivity index (χ1v) is 4.70. The van der Waals surface area contributed by atoms with Crippen LogP contribution in [-0.2, 0) is 9.53 Å². The van der Waals surface area contributed by atoms with Crippen LogP contribution in [0.25, 0.3) is 6.08 Å². The van der Waals surface area contributed by atoms with Crippen LogP contribution in [0, 0.1) is 22.7 Å². The molecule has 0 fully saturated rings. The molecular weight excluding hydrogens is 236 g/mol. The van der Waals surface area contributed by atoms with E-state index in [1.54, 1.807) is 12.1 Å². The van der Waals surface area contributed by atoms with Gasteiger partial charge in [0.2, 0.25) is 0 Å². The van der Waals surface area contributed by atoms with Gasteiger partial charge in [-0.15, -0.1) is 0 Å². The predicted octanol–water partition coefficient (Wildman–Crippen LogP) is 1.03. The molecule has 6 heteroatoms. The molecule has 0 aliphatic heterocycles. The van der Waals surface area contributed by atoms with E-state index >= 15 is 0 Å². The van der Waals surface area contributed by atoms with E-state index in [1.165, 1.54) is 13.2 Å². The van der Waals surface area contributed by atoms with Gasteiger partial charge in [0.1, 0.15) is 34.8 Å². The Labute approximate surface area is 103 Å². The van der Waals surface area contributed by atoms with Gasteiger partial charge >= 0.3 is 5.97 Å². The maximum Gasteiger partial charge on any atom is 0.330 e. The van der Waals surface area contributed by atoms with Crippen LogP contribution in [0.4, 0.5) is 0 Å². The summed E-state index contributed by atoms with van der Waals surface area (Å²) >= 11 is 0. The number of carbonyl (C=O) groups excluding carboxylic acids is 1. The Morgan fingerprint density at radius 2 is 1.94 bits per heavy atom. The Kier molecular flexibility index (Phi) is 3.90. The van der Waals surface area contributed by atoms with Crippen molar-refractivity contribution in [1.82, 2.24) is 0 Å². The Morgan fingerprint density at radius 1 is 1.33 bits per heavy atom. The molecule has 0 spiro atoms. The molecule has 0 radical (unpaired) electrons. The molecule has 6 nitrogen and oxygen atoms in total. The zero-order valence-corrected chi connectivity index (χ0v) is 9.34. The molecule has 0 aliphatic rings. The number of nitrogens with zero attached hydrogens (tertiary/aromatic N) is 2. The third kappa shape index (κ3) is 2.39. The number of hydrogen-bond donors (Lipinski definition) is 2. The second-order valence-electron chi connectivity index (χ2n) is 3.16. The molecule has 90 valence electrons. The van der Waals surface area contributed by atoms with Gasteiger partial charge in [0, 0.05) is 11.6 Å². The number of hydrogen-bond acceptors (Lipinski definition) is 6. The average Bonchev–Trinajstić information content (AvgIpc) is 2.38. The summed E-state index contributed by atoms with van der Waals surface area (Å²) in [6.07, 6.45) is 2.19. The van der Waals surface area contributed by atoms with Crippen LogP contribution in [-0.4, -0.2) is 23.3 Å². The minimum Gasteiger partial charge on any atom is -0.506 e. The maximum atomic E-state index is 10.9. The fourth-order valence-corrected chi connectivity index (χ4v) is 1.25. The number of phenolic OH excluding ortho intramolecular Hbond substituents is 2. The van der Waals surface area contributed by atoms with Gasteiger partial charge in [0.05, 0.1) is 7.11 Å². The molecule has 18 heavy (non-hydrogen) atoms. The predicted molar refractivity (Wildman–Crippen MR) is 60.3 cm³/mol. The summed E-state index contributed by atoms with van der Waals surface area (Å²) in [5.74, 6) is -1.58. The molecule has 0 saturated heterocycles. The molecule has 0 atom stereocenters. The van der Waals surface area contributed by atoms with Crippen molar-refractivity contribution in [2.75, 3.05) is 7.11 Å². The molecule has 0 bridgehead atoms. The summed E-state index contributed by atoms with van der Waals surface area (Å²) in [5, 5.41) is 36.8. The number of nitriles is 2. The Bertz CT molecular complexity index is 606. The summed E-state index contributed by atoms with van der Waals surface area (Å²) in [6.45, 7) is 0. The van der Waals surface area contributed by atoms with Crippen molar-refractivity contribution in [3.05, 3.63) is 28.8 Å². The van der Waals surface area contributed by atoms with Gasteiger partial charge < -0.3 is 14.9 Å². The lowest BCUT2D eigenvalue weighted by Gasteiger charge is -2.05. The summed E-state index contributed by atoms with van der Waals surface area (Å²) in [4.78, 5) is 10.9. The van der Waals surface area contributed by atoms with E-state index in [2.05, 4.69) is 4.74 Å². The van der Waals surface area contributed by atoms with E-state index in [-0.39, 0.29) is 16.7 Å². The molecule has 1 rings (SSSR count). The Morgan fingerprint density at radius 3 is 2.44 bits per heavy atom. The van der Waals surface area contributed by atoms with Gasteiger partial charge in [-0.1, -0.05) is 0 Å². The summed E-state index contributed by atoms with van der Waals surface area (Å²) < 4.78 is 4.36. The lowest BCUT2D eigenvalue weighted by atomic mass is 10.0. The topological polar surface area (TPSA) is 114 Å². The van der Waals surface area contributed by atoms with Gasteiger partial charge in [-0.2, -0.15) is 10.5 Å². The zero-order chi connectivity index (χ0) is 13.7. The SMILES string of the molecule is COC(=O)/C=C/c1cc(O)c(C#N)c(C#N)c1O. The molecule has 0 aliphatic carbocycles. The normalized spacial score (nSPS) is 9.72. The van der Waals surface area contributed by atoms with Gasteiger partial charge in [-0.3, -0.25) is 0 Å². The molecule has 0 amide bonds. The number of benzene rings is 1. The van der Waals surface area contributed by atoms with E-state index < -0.39 is 17.5 Å².